The Morgan fingerprint density at radius 2 is 2.44 bits per heavy atom. The smallest absolute Gasteiger partial charge is 0.0748 e. The first-order valence-corrected chi connectivity index (χ1v) is 6.05. The second-order valence-corrected chi connectivity index (χ2v) is 4.96. The van der Waals surface area contributed by atoms with Crippen molar-refractivity contribution in [3.63, 3.8) is 0 Å². The molecule has 4 nitrogen and oxygen atoms in total. The van der Waals surface area contributed by atoms with Gasteiger partial charge >= 0.3 is 0 Å². The molecular formula is C12H21N3O. The van der Waals surface area contributed by atoms with Gasteiger partial charge in [-0.05, 0) is 19.3 Å². The van der Waals surface area contributed by atoms with Gasteiger partial charge in [0.2, 0.25) is 0 Å². The Morgan fingerprint density at radius 3 is 3.06 bits per heavy atom. The monoisotopic (exact) mass is 223 g/mol. The minimum Gasteiger partial charge on any atom is -0.377 e. The maximum atomic E-state index is 5.52. The van der Waals surface area contributed by atoms with E-state index in [-0.39, 0.29) is 0 Å². The molecule has 0 saturated carbocycles. The summed E-state index contributed by atoms with van der Waals surface area (Å²) in [4.78, 5) is 0. The number of rotatable bonds is 4. The lowest BCUT2D eigenvalue weighted by atomic mass is 10.1. The Balaban J connectivity index is 1.92. The Hall–Kier alpha value is -1.03. The number of nitrogens with one attached hydrogen (secondary N) is 1. The minimum absolute atomic E-state index is 0.299. The van der Waals surface area contributed by atoms with E-state index in [0.29, 0.717) is 18.1 Å². The molecular weight excluding hydrogens is 202 g/mol. The van der Waals surface area contributed by atoms with Crippen LogP contribution in [0.4, 0.5) is 5.69 Å². The van der Waals surface area contributed by atoms with Gasteiger partial charge in [0.05, 0.1) is 24.0 Å². The van der Waals surface area contributed by atoms with Crippen molar-refractivity contribution in [3.05, 3.63) is 12.4 Å². The van der Waals surface area contributed by atoms with E-state index in [1.165, 1.54) is 0 Å². The molecule has 2 rings (SSSR count). The highest BCUT2D eigenvalue weighted by Gasteiger charge is 2.24. The molecule has 16 heavy (non-hydrogen) atoms. The van der Waals surface area contributed by atoms with Crippen LogP contribution in [0.15, 0.2) is 12.4 Å². The number of hydrogen-bond donors (Lipinski definition) is 1. The van der Waals surface area contributed by atoms with Crippen molar-refractivity contribution in [2.75, 3.05) is 11.9 Å². The number of hydrogen-bond acceptors (Lipinski definition) is 3. The van der Waals surface area contributed by atoms with Crippen LogP contribution < -0.4 is 5.32 Å². The van der Waals surface area contributed by atoms with Crippen LogP contribution in [0.1, 0.15) is 27.2 Å². The maximum Gasteiger partial charge on any atom is 0.0748 e. The van der Waals surface area contributed by atoms with Crippen molar-refractivity contribution in [2.45, 2.75) is 45.9 Å². The summed E-state index contributed by atoms with van der Waals surface area (Å²) in [6.07, 6.45) is 5.35. The van der Waals surface area contributed by atoms with Gasteiger partial charge in [-0.1, -0.05) is 13.8 Å². The number of aromatic nitrogens is 2. The van der Waals surface area contributed by atoms with Crippen molar-refractivity contribution in [2.24, 2.45) is 5.92 Å². The van der Waals surface area contributed by atoms with Gasteiger partial charge in [0.25, 0.3) is 0 Å². The van der Waals surface area contributed by atoms with E-state index < -0.39 is 0 Å². The largest absolute Gasteiger partial charge is 0.377 e. The highest BCUT2D eigenvalue weighted by atomic mass is 16.5. The fourth-order valence-corrected chi connectivity index (χ4v) is 2.05. The van der Waals surface area contributed by atoms with Gasteiger partial charge in [-0.3, -0.25) is 4.68 Å². The zero-order valence-electron chi connectivity index (χ0n) is 10.3. The number of anilines is 1. The van der Waals surface area contributed by atoms with Gasteiger partial charge in [0.15, 0.2) is 0 Å². The molecule has 2 atom stereocenters. The van der Waals surface area contributed by atoms with Crippen molar-refractivity contribution < 1.29 is 4.74 Å². The molecule has 1 saturated heterocycles. The van der Waals surface area contributed by atoms with Crippen LogP contribution >= 0.6 is 0 Å². The summed E-state index contributed by atoms with van der Waals surface area (Å²) in [6.45, 7) is 8.34. The van der Waals surface area contributed by atoms with Crippen LogP contribution in [0.3, 0.4) is 0 Å². The summed E-state index contributed by atoms with van der Waals surface area (Å²) in [7, 11) is 0. The van der Waals surface area contributed by atoms with Gasteiger partial charge in [-0.15, -0.1) is 0 Å². The average Bonchev–Trinajstić information content (AvgIpc) is 2.77. The highest BCUT2D eigenvalue weighted by molar-refractivity contribution is 5.39. The van der Waals surface area contributed by atoms with E-state index in [0.717, 1.165) is 25.3 Å². The van der Waals surface area contributed by atoms with Crippen LogP contribution in [-0.2, 0) is 11.3 Å². The fourth-order valence-electron chi connectivity index (χ4n) is 2.05. The van der Waals surface area contributed by atoms with Gasteiger partial charge in [-0.2, -0.15) is 5.10 Å². The van der Waals surface area contributed by atoms with Crippen LogP contribution in [0.5, 0.6) is 0 Å². The van der Waals surface area contributed by atoms with E-state index >= 15 is 0 Å². The summed E-state index contributed by atoms with van der Waals surface area (Å²) in [5, 5.41) is 7.81. The van der Waals surface area contributed by atoms with Crippen molar-refractivity contribution in [1.82, 2.24) is 9.78 Å². The summed E-state index contributed by atoms with van der Waals surface area (Å²) < 4.78 is 7.51. The number of nitrogens with zero attached hydrogens (tertiary/aromatic N) is 2. The lowest BCUT2D eigenvalue weighted by molar-refractivity contribution is 0.121. The van der Waals surface area contributed by atoms with Crippen molar-refractivity contribution in [3.8, 4) is 0 Å². The standard InChI is InChI=1S/C12H21N3O/c1-9(2)7-15-8-11(6-13-15)14-12-4-5-16-10(12)3/h6,8-10,12,14H,4-5,7H2,1-3H3. The summed E-state index contributed by atoms with van der Waals surface area (Å²) in [5.41, 5.74) is 1.10. The molecule has 1 N–H and O–H groups in total. The molecule has 90 valence electrons. The van der Waals surface area contributed by atoms with Gasteiger partial charge < -0.3 is 10.1 Å². The molecule has 2 unspecified atom stereocenters. The lowest BCUT2D eigenvalue weighted by Crippen LogP contribution is -2.26. The molecule has 2 heterocycles. The lowest BCUT2D eigenvalue weighted by Gasteiger charge is -2.15. The molecule has 0 amide bonds. The topological polar surface area (TPSA) is 39.1 Å². The molecule has 0 spiro atoms. The van der Waals surface area contributed by atoms with Gasteiger partial charge in [0.1, 0.15) is 0 Å². The summed E-state index contributed by atoms with van der Waals surface area (Å²) in [5.74, 6) is 0.626. The molecule has 1 fully saturated rings. The molecule has 0 bridgehead atoms. The quantitative estimate of drug-likeness (QED) is 0.850. The minimum atomic E-state index is 0.299. The maximum absolute atomic E-state index is 5.52. The number of ether oxygens (including phenoxy) is 1. The van der Waals surface area contributed by atoms with Crippen LogP contribution in [0.25, 0.3) is 0 Å². The molecule has 0 aromatic carbocycles. The van der Waals surface area contributed by atoms with Crippen molar-refractivity contribution >= 4 is 5.69 Å². The van der Waals surface area contributed by atoms with E-state index in [4.69, 9.17) is 4.74 Å². The van der Waals surface area contributed by atoms with Gasteiger partial charge in [0, 0.05) is 19.3 Å². The SMILES string of the molecule is CC(C)Cn1cc(NC2CCOC2C)cn1. The predicted molar refractivity (Wildman–Crippen MR) is 64.5 cm³/mol. The van der Waals surface area contributed by atoms with E-state index in [2.05, 4.69) is 37.4 Å². The second kappa shape index (κ2) is 4.87. The van der Waals surface area contributed by atoms with Gasteiger partial charge in [-0.25, -0.2) is 0 Å². The van der Waals surface area contributed by atoms with E-state index in [1.54, 1.807) is 0 Å². The Labute approximate surface area is 97.0 Å². The molecule has 0 aliphatic carbocycles. The third kappa shape index (κ3) is 2.76. The molecule has 1 aromatic rings. The molecule has 4 heteroatoms. The Morgan fingerprint density at radius 1 is 1.62 bits per heavy atom. The zero-order valence-corrected chi connectivity index (χ0v) is 10.3. The zero-order chi connectivity index (χ0) is 11.5. The Bertz CT molecular complexity index is 335. The third-order valence-electron chi connectivity index (χ3n) is 2.91. The molecule has 1 aliphatic heterocycles. The van der Waals surface area contributed by atoms with E-state index in [9.17, 15) is 0 Å². The molecule has 0 radical (unpaired) electrons. The van der Waals surface area contributed by atoms with Crippen LogP contribution in [-0.4, -0.2) is 28.5 Å². The van der Waals surface area contributed by atoms with Crippen LogP contribution in [0, 0.1) is 5.92 Å². The first-order chi connectivity index (χ1) is 7.65. The average molecular weight is 223 g/mol. The summed E-state index contributed by atoms with van der Waals surface area (Å²) >= 11 is 0. The second-order valence-electron chi connectivity index (χ2n) is 4.96. The molecule has 1 aliphatic rings. The highest BCUT2D eigenvalue weighted by Crippen LogP contribution is 2.18. The molecule has 1 aromatic heterocycles. The summed E-state index contributed by atoms with van der Waals surface area (Å²) in [6, 6.07) is 0.427. The van der Waals surface area contributed by atoms with Crippen molar-refractivity contribution in [1.29, 1.82) is 0 Å². The van der Waals surface area contributed by atoms with Crippen LogP contribution in [0.2, 0.25) is 0 Å². The fraction of sp³-hybridized carbons (Fsp3) is 0.750. The predicted octanol–water partition coefficient (Wildman–Crippen LogP) is 2.13. The Kier molecular flexibility index (Phi) is 3.49. The normalized spacial score (nSPS) is 25.2. The van der Waals surface area contributed by atoms with E-state index in [1.807, 2.05) is 10.9 Å². The third-order valence-corrected chi connectivity index (χ3v) is 2.91. The first kappa shape index (κ1) is 11.5. The first-order valence-electron chi connectivity index (χ1n) is 6.05.